The highest BCUT2D eigenvalue weighted by atomic mass is 32.2. The molecule has 1 aliphatic rings. The van der Waals surface area contributed by atoms with Crippen LogP contribution in [0.3, 0.4) is 0 Å². The van der Waals surface area contributed by atoms with Gasteiger partial charge in [-0.15, -0.1) is 0 Å². The number of hydrogen-bond donors (Lipinski definition) is 0. The van der Waals surface area contributed by atoms with Crippen LogP contribution in [0.5, 0.6) is 0 Å². The Labute approximate surface area is 114 Å². The molecule has 1 aromatic heterocycles. The minimum atomic E-state index is -2.97. The lowest BCUT2D eigenvalue weighted by molar-refractivity contribution is -0.384. The summed E-state index contributed by atoms with van der Waals surface area (Å²) in [4.78, 5) is 16.1. The summed E-state index contributed by atoms with van der Waals surface area (Å²) >= 11 is 0. The Bertz CT molecular complexity index is 768. The highest BCUT2D eigenvalue weighted by molar-refractivity contribution is 7.91. The topological polar surface area (TPSA) is 107 Å². The third-order valence-corrected chi connectivity index (χ3v) is 4.79. The Morgan fingerprint density at radius 2 is 2.00 bits per heavy atom. The van der Waals surface area contributed by atoms with Gasteiger partial charge in [0.1, 0.15) is 5.52 Å². The van der Waals surface area contributed by atoms with Crippen molar-refractivity contribution in [2.45, 2.75) is 0 Å². The second kappa shape index (κ2) is 4.44. The predicted octanol–water partition coefficient (Wildman–Crippen LogP) is 0.971. The van der Waals surface area contributed by atoms with E-state index < -0.39 is 14.8 Å². The maximum atomic E-state index is 11.4. The van der Waals surface area contributed by atoms with Gasteiger partial charge >= 0.3 is 0 Å². The number of aromatic nitrogens is 1. The van der Waals surface area contributed by atoms with Crippen molar-refractivity contribution in [2.24, 2.45) is 0 Å². The van der Waals surface area contributed by atoms with Gasteiger partial charge in [0.2, 0.25) is 0 Å². The standard InChI is InChI=1S/C11H11N3O5S/c15-14(16)8-1-2-10-9(7-8)12-11(19-10)13-3-5-20(17,18)6-4-13/h1-2,7H,3-6H2. The average Bonchev–Trinajstić information content (AvgIpc) is 2.81. The van der Waals surface area contributed by atoms with Crippen LogP contribution in [-0.2, 0) is 9.84 Å². The molecule has 1 saturated heterocycles. The summed E-state index contributed by atoms with van der Waals surface area (Å²) in [5.41, 5.74) is 0.778. The molecule has 106 valence electrons. The Balaban J connectivity index is 1.91. The van der Waals surface area contributed by atoms with Crippen LogP contribution < -0.4 is 4.90 Å². The van der Waals surface area contributed by atoms with Gasteiger partial charge in [0.05, 0.1) is 16.4 Å². The first-order chi connectivity index (χ1) is 9.44. The number of rotatable bonds is 2. The fraction of sp³-hybridized carbons (Fsp3) is 0.364. The van der Waals surface area contributed by atoms with Crippen LogP contribution in [0.15, 0.2) is 22.6 Å². The largest absolute Gasteiger partial charge is 0.423 e. The van der Waals surface area contributed by atoms with Gasteiger partial charge < -0.3 is 9.32 Å². The Morgan fingerprint density at radius 1 is 1.30 bits per heavy atom. The molecule has 1 aliphatic heterocycles. The maximum absolute atomic E-state index is 11.4. The first-order valence-corrected chi connectivity index (χ1v) is 7.77. The summed E-state index contributed by atoms with van der Waals surface area (Å²) < 4.78 is 28.2. The normalized spacial score (nSPS) is 18.3. The van der Waals surface area contributed by atoms with Crippen molar-refractivity contribution in [3.05, 3.63) is 28.3 Å². The van der Waals surface area contributed by atoms with E-state index in [1.165, 1.54) is 18.2 Å². The lowest BCUT2D eigenvalue weighted by atomic mass is 10.3. The van der Waals surface area contributed by atoms with Crippen molar-refractivity contribution in [1.82, 2.24) is 4.98 Å². The van der Waals surface area contributed by atoms with E-state index in [0.717, 1.165) is 0 Å². The third kappa shape index (κ3) is 2.31. The predicted molar refractivity (Wildman–Crippen MR) is 71.5 cm³/mol. The van der Waals surface area contributed by atoms with Crippen LogP contribution in [-0.4, -0.2) is 42.9 Å². The van der Waals surface area contributed by atoms with Crippen LogP contribution in [0.25, 0.3) is 11.1 Å². The summed E-state index contributed by atoms with van der Waals surface area (Å²) in [6, 6.07) is 4.47. The molecule has 0 bridgehead atoms. The van der Waals surface area contributed by atoms with Gasteiger partial charge in [-0.2, -0.15) is 4.98 Å². The first kappa shape index (κ1) is 12.9. The lowest BCUT2D eigenvalue weighted by Gasteiger charge is -2.24. The molecule has 9 heteroatoms. The Hall–Kier alpha value is -2.16. The van der Waals surface area contributed by atoms with Crippen molar-refractivity contribution >= 4 is 32.6 Å². The molecule has 0 spiro atoms. The number of sulfone groups is 1. The molecule has 3 rings (SSSR count). The van der Waals surface area contributed by atoms with E-state index >= 15 is 0 Å². The van der Waals surface area contributed by atoms with Gasteiger partial charge in [0.25, 0.3) is 11.7 Å². The van der Waals surface area contributed by atoms with E-state index in [-0.39, 0.29) is 17.2 Å². The molecule has 8 nitrogen and oxygen atoms in total. The molecule has 0 saturated carbocycles. The molecular formula is C11H11N3O5S. The van der Waals surface area contributed by atoms with E-state index in [9.17, 15) is 18.5 Å². The van der Waals surface area contributed by atoms with Crippen molar-refractivity contribution < 1.29 is 17.8 Å². The lowest BCUT2D eigenvalue weighted by Crippen LogP contribution is -2.40. The second-order valence-corrected chi connectivity index (χ2v) is 6.85. The highest BCUT2D eigenvalue weighted by Crippen LogP contribution is 2.26. The Morgan fingerprint density at radius 3 is 2.65 bits per heavy atom. The van der Waals surface area contributed by atoms with Gasteiger partial charge in [-0.05, 0) is 6.07 Å². The molecular weight excluding hydrogens is 286 g/mol. The van der Waals surface area contributed by atoms with Gasteiger partial charge in [0, 0.05) is 25.2 Å². The summed E-state index contributed by atoms with van der Waals surface area (Å²) in [6.07, 6.45) is 0. The quantitative estimate of drug-likeness (QED) is 0.600. The summed E-state index contributed by atoms with van der Waals surface area (Å²) in [5, 5.41) is 10.7. The molecule has 1 fully saturated rings. The van der Waals surface area contributed by atoms with Gasteiger partial charge in [-0.1, -0.05) is 0 Å². The monoisotopic (exact) mass is 297 g/mol. The van der Waals surface area contributed by atoms with Gasteiger partial charge in [-0.25, -0.2) is 8.42 Å². The van der Waals surface area contributed by atoms with Crippen molar-refractivity contribution in [3.8, 4) is 0 Å². The van der Waals surface area contributed by atoms with Crippen LogP contribution in [0, 0.1) is 10.1 Å². The number of oxazole rings is 1. The number of nitrogens with zero attached hydrogens (tertiary/aromatic N) is 3. The van der Waals surface area contributed by atoms with Gasteiger partial charge in [0.15, 0.2) is 15.4 Å². The Kier molecular flexibility index (Phi) is 2.85. The van der Waals surface area contributed by atoms with Crippen LogP contribution in [0.2, 0.25) is 0 Å². The minimum Gasteiger partial charge on any atom is -0.423 e. The molecule has 0 radical (unpaired) electrons. The number of fused-ring (bicyclic) bond motifs is 1. The second-order valence-electron chi connectivity index (χ2n) is 4.54. The first-order valence-electron chi connectivity index (χ1n) is 5.95. The van der Waals surface area contributed by atoms with E-state index in [1.54, 1.807) is 4.90 Å². The summed E-state index contributed by atoms with van der Waals surface area (Å²) in [6.45, 7) is 0.633. The number of nitro groups is 1. The smallest absolute Gasteiger partial charge is 0.298 e. The number of non-ortho nitro benzene ring substituents is 1. The highest BCUT2D eigenvalue weighted by Gasteiger charge is 2.25. The molecule has 0 N–H and O–H groups in total. The minimum absolute atomic E-state index is 0.0569. The zero-order valence-corrected chi connectivity index (χ0v) is 11.2. The molecule has 0 aliphatic carbocycles. The van der Waals surface area contributed by atoms with Crippen LogP contribution in [0.4, 0.5) is 11.7 Å². The van der Waals surface area contributed by atoms with E-state index in [4.69, 9.17) is 4.42 Å². The molecule has 2 aromatic rings. The number of hydrogen-bond acceptors (Lipinski definition) is 7. The molecule has 20 heavy (non-hydrogen) atoms. The molecule has 1 aromatic carbocycles. The summed E-state index contributed by atoms with van der Waals surface area (Å²) in [5.74, 6) is 0.123. The maximum Gasteiger partial charge on any atom is 0.298 e. The molecule has 0 atom stereocenters. The zero-order chi connectivity index (χ0) is 14.3. The molecule has 0 amide bonds. The van der Waals surface area contributed by atoms with E-state index in [2.05, 4.69) is 4.98 Å². The number of benzene rings is 1. The third-order valence-electron chi connectivity index (χ3n) is 3.19. The SMILES string of the molecule is O=[N+]([O-])c1ccc2oc(N3CCS(=O)(=O)CC3)nc2c1. The average molecular weight is 297 g/mol. The summed E-state index contributed by atoms with van der Waals surface area (Å²) in [7, 11) is -2.97. The van der Waals surface area contributed by atoms with E-state index in [0.29, 0.717) is 30.2 Å². The van der Waals surface area contributed by atoms with Gasteiger partial charge in [-0.3, -0.25) is 10.1 Å². The number of nitro benzene ring substituents is 1. The fourth-order valence-electron chi connectivity index (χ4n) is 2.06. The van der Waals surface area contributed by atoms with Crippen LogP contribution >= 0.6 is 0 Å². The van der Waals surface area contributed by atoms with E-state index in [1.807, 2.05) is 0 Å². The van der Waals surface area contributed by atoms with Crippen LogP contribution in [0.1, 0.15) is 0 Å². The van der Waals surface area contributed by atoms with Crippen molar-refractivity contribution in [3.63, 3.8) is 0 Å². The zero-order valence-electron chi connectivity index (χ0n) is 10.4. The molecule has 2 heterocycles. The van der Waals surface area contributed by atoms with Crippen molar-refractivity contribution in [1.29, 1.82) is 0 Å². The fourth-order valence-corrected chi connectivity index (χ4v) is 3.26. The molecule has 0 unspecified atom stereocenters. The van der Waals surface area contributed by atoms with Crippen molar-refractivity contribution in [2.75, 3.05) is 29.5 Å². The number of anilines is 1.